The quantitative estimate of drug-likeness (QED) is 0.461. The van der Waals surface area contributed by atoms with E-state index in [0.717, 1.165) is 0 Å². The molecule has 0 bridgehead atoms. The van der Waals surface area contributed by atoms with Gasteiger partial charge in [0.25, 0.3) is 0 Å². The van der Waals surface area contributed by atoms with Gasteiger partial charge in [0.1, 0.15) is 11.6 Å². The average molecular weight is 437 g/mol. The molecule has 0 fully saturated rings. The van der Waals surface area contributed by atoms with Gasteiger partial charge in [-0.2, -0.15) is 0 Å². The smallest absolute Gasteiger partial charge is 0.220 e. The fraction of sp³-hybridized carbons (Fsp3) is 0.238. The predicted molar refractivity (Wildman–Crippen MR) is 110 cm³/mol. The van der Waals surface area contributed by atoms with Gasteiger partial charge in [0.15, 0.2) is 11.7 Å². The third kappa shape index (κ3) is 6.21. The summed E-state index contributed by atoms with van der Waals surface area (Å²) in [6.07, 6.45) is 2.64. The second-order valence-electron chi connectivity index (χ2n) is 6.22. The van der Waals surface area contributed by atoms with Gasteiger partial charge in [0, 0.05) is 24.4 Å². The first-order valence-electron chi connectivity index (χ1n) is 9.07. The first kappa shape index (κ1) is 21.1. The Morgan fingerprint density at radius 1 is 1.21 bits per heavy atom. The largest absolute Gasteiger partial charge is 0.492 e. The molecule has 0 radical (unpaired) electrons. The van der Waals surface area contributed by atoms with Crippen molar-refractivity contribution in [3.8, 4) is 17.1 Å². The van der Waals surface area contributed by atoms with E-state index in [4.69, 9.17) is 32.4 Å². The molecule has 3 aromatic rings. The van der Waals surface area contributed by atoms with Crippen LogP contribution in [0.4, 0.5) is 4.39 Å². The number of halogens is 3. The first-order valence-corrected chi connectivity index (χ1v) is 9.82. The third-order valence-electron chi connectivity index (χ3n) is 4.05. The Balaban J connectivity index is 1.36. The molecule has 0 saturated heterocycles. The van der Waals surface area contributed by atoms with Gasteiger partial charge in [0.2, 0.25) is 5.91 Å². The number of hydrogen-bond donors (Lipinski definition) is 1. The lowest BCUT2D eigenvalue weighted by atomic mass is 10.2. The fourth-order valence-electron chi connectivity index (χ4n) is 2.59. The summed E-state index contributed by atoms with van der Waals surface area (Å²) >= 11 is 11.9. The summed E-state index contributed by atoms with van der Waals surface area (Å²) in [5.41, 5.74) is 0.344. The van der Waals surface area contributed by atoms with E-state index in [2.05, 4.69) is 10.3 Å². The predicted octanol–water partition coefficient (Wildman–Crippen LogP) is 5.31. The number of nitrogens with zero attached hydrogens (tertiary/aromatic N) is 1. The van der Waals surface area contributed by atoms with Gasteiger partial charge < -0.3 is 14.5 Å². The van der Waals surface area contributed by atoms with Crippen LogP contribution in [0.15, 0.2) is 53.1 Å². The Morgan fingerprint density at radius 2 is 2.03 bits per heavy atom. The summed E-state index contributed by atoms with van der Waals surface area (Å²) in [6, 6.07) is 11.3. The Kier molecular flexibility index (Phi) is 7.49. The number of aromatic nitrogens is 1. The maximum atomic E-state index is 13.8. The third-order valence-corrected chi connectivity index (χ3v) is 4.58. The zero-order chi connectivity index (χ0) is 20.6. The van der Waals surface area contributed by atoms with Crippen molar-refractivity contribution >= 4 is 29.1 Å². The minimum atomic E-state index is -0.380. The molecule has 5 nitrogen and oxygen atoms in total. The summed E-state index contributed by atoms with van der Waals surface area (Å²) < 4.78 is 24.9. The molecule has 0 aliphatic rings. The number of benzene rings is 2. The second-order valence-corrected chi connectivity index (χ2v) is 7.07. The van der Waals surface area contributed by atoms with Crippen LogP contribution in [0.5, 0.6) is 5.75 Å². The molecule has 29 heavy (non-hydrogen) atoms. The molecule has 1 N–H and O–H groups in total. The van der Waals surface area contributed by atoms with Crippen molar-refractivity contribution in [1.82, 2.24) is 10.3 Å². The van der Waals surface area contributed by atoms with Crippen molar-refractivity contribution < 1.29 is 18.3 Å². The number of carbonyl (C=O) groups excluding carboxylic acids is 1. The summed E-state index contributed by atoms with van der Waals surface area (Å²) in [6.45, 7) is 0.878. The molecule has 8 heteroatoms. The monoisotopic (exact) mass is 436 g/mol. The highest BCUT2D eigenvalue weighted by Gasteiger charge is 2.11. The fourth-order valence-corrected chi connectivity index (χ4v) is 3.06. The Morgan fingerprint density at radius 3 is 2.83 bits per heavy atom. The van der Waals surface area contributed by atoms with Gasteiger partial charge in [-0.3, -0.25) is 4.79 Å². The van der Waals surface area contributed by atoms with Crippen LogP contribution in [-0.4, -0.2) is 24.0 Å². The number of rotatable bonds is 9. The van der Waals surface area contributed by atoms with E-state index in [1.165, 1.54) is 12.3 Å². The number of nitrogens with one attached hydrogen (secondary N) is 1. The van der Waals surface area contributed by atoms with Crippen molar-refractivity contribution in [2.75, 3.05) is 13.2 Å². The molecule has 0 aliphatic carbocycles. The Hall–Kier alpha value is -2.57. The van der Waals surface area contributed by atoms with Crippen LogP contribution >= 0.6 is 23.2 Å². The van der Waals surface area contributed by atoms with Crippen molar-refractivity contribution in [2.45, 2.75) is 19.3 Å². The zero-order valence-corrected chi connectivity index (χ0v) is 17.0. The number of amides is 1. The first-order chi connectivity index (χ1) is 14.0. The Bertz CT molecular complexity index is 978. The van der Waals surface area contributed by atoms with Crippen molar-refractivity contribution in [3.63, 3.8) is 0 Å². The lowest BCUT2D eigenvalue weighted by Gasteiger charge is -2.09. The minimum absolute atomic E-state index is 0.125. The minimum Gasteiger partial charge on any atom is -0.492 e. The van der Waals surface area contributed by atoms with Crippen LogP contribution in [0.2, 0.25) is 10.0 Å². The molecule has 1 aromatic heterocycles. The van der Waals surface area contributed by atoms with Crippen LogP contribution < -0.4 is 10.1 Å². The molecule has 2 aromatic carbocycles. The van der Waals surface area contributed by atoms with Gasteiger partial charge in [0.05, 0.1) is 23.4 Å². The van der Waals surface area contributed by atoms with E-state index in [1.807, 2.05) is 0 Å². The molecular weight excluding hydrogens is 418 g/mol. The molecule has 1 amide bonds. The van der Waals surface area contributed by atoms with E-state index in [9.17, 15) is 9.18 Å². The number of aryl methyl sites for hydroxylation is 1. The normalized spacial score (nSPS) is 10.7. The second kappa shape index (κ2) is 10.3. The summed E-state index contributed by atoms with van der Waals surface area (Å²) in [5, 5.41) is 3.80. The topological polar surface area (TPSA) is 64.4 Å². The van der Waals surface area contributed by atoms with E-state index in [-0.39, 0.29) is 18.1 Å². The highest BCUT2D eigenvalue weighted by atomic mass is 35.5. The summed E-state index contributed by atoms with van der Waals surface area (Å²) in [7, 11) is 0. The van der Waals surface area contributed by atoms with E-state index >= 15 is 0 Å². The molecule has 152 valence electrons. The van der Waals surface area contributed by atoms with E-state index in [0.29, 0.717) is 59.0 Å². The van der Waals surface area contributed by atoms with Crippen LogP contribution in [0.1, 0.15) is 18.7 Å². The van der Waals surface area contributed by atoms with Crippen molar-refractivity contribution in [1.29, 1.82) is 0 Å². The number of ether oxygens (including phenoxy) is 1. The highest BCUT2D eigenvalue weighted by Crippen LogP contribution is 2.27. The maximum absolute atomic E-state index is 13.8. The van der Waals surface area contributed by atoms with Crippen molar-refractivity contribution in [2.24, 2.45) is 0 Å². The van der Waals surface area contributed by atoms with Crippen molar-refractivity contribution in [3.05, 3.63) is 70.4 Å². The Labute approximate surface area is 177 Å². The molecule has 3 rings (SSSR count). The molecule has 0 spiro atoms. The van der Waals surface area contributed by atoms with Gasteiger partial charge in [-0.1, -0.05) is 35.3 Å². The van der Waals surface area contributed by atoms with E-state index in [1.54, 1.807) is 36.4 Å². The highest BCUT2D eigenvalue weighted by molar-refractivity contribution is 6.35. The van der Waals surface area contributed by atoms with Crippen LogP contribution in [0, 0.1) is 5.82 Å². The van der Waals surface area contributed by atoms with Gasteiger partial charge in [-0.05, 0) is 36.8 Å². The molecular formula is C21H19Cl2FN2O3. The van der Waals surface area contributed by atoms with Crippen LogP contribution in [0.25, 0.3) is 11.3 Å². The zero-order valence-electron chi connectivity index (χ0n) is 15.5. The number of carbonyl (C=O) groups is 1. The van der Waals surface area contributed by atoms with Gasteiger partial charge >= 0.3 is 0 Å². The van der Waals surface area contributed by atoms with Crippen LogP contribution in [0.3, 0.4) is 0 Å². The SMILES string of the molecule is O=C(CCc1ncc(-c2ccccc2F)o1)NCCCOc1ccc(Cl)cc1Cl. The molecule has 1 heterocycles. The summed E-state index contributed by atoms with van der Waals surface area (Å²) in [5.74, 6) is 0.780. The lowest BCUT2D eigenvalue weighted by molar-refractivity contribution is -0.121. The molecule has 0 saturated carbocycles. The van der Waals surface area contributed by atoms with Crippen LogP contribution in [-0.2, 0) is 11.2 Å². The van der Waals surface area contributed by atoms with E-state index < -0.39 is 0 Å². The molecule has 0 atom stereocenters. The standard InChI is InChI=1S/C21H19Cl2FN2O3/c22-14-6-7-18(16(23)12-14)28-11-3-10-25-20(27)8-9-21-26-13-19(29-21)15-4-1-2-5-17(15)24/h1-2,4-7,12-13H,3,8-11H2,(H,25,27). The maximum Gasteiger partial charge on any atom is 0.220 e. The number of oxazole rings is 1. The molecule has 0 aliphatic heterocycles. The number of hydrogen-bond acceptors (Lipinski definition) is 4. The van der Waals surface area contributed by atoms with Gasteiger partial charge in [-0.15, -0.1) is 0 Å². The van der Waals surface area contributed by atoms with Gasteiger partial charge in [-0.25, -0.2) is 9.37 Å². The average Bonchev–Trinajstić information content (AvgIpc) is 3.17. The summed E-state index contributed by atoms with van der Waals surface area (Å²) in [4.78, 5) is 16.1. The molecule has 0 unspecified atom stereocenters. The lowest BCUT2D eigenvalue weighted by Crippen LogP contribution is -2.25.